The fourth-order valence-corrected chi connectivity index (χ4v) is 5.32. The molecule has 0 saturated heterocycles. The fourth-order valence-electron chi connectivity index (χ4n) is 3.94. The molecule has 0 unspecified atom stereocenters. The Morgan fingerprint density at radius 3 is 2.00 bits per heavy atom. The Bertz CT molecular complexity index is 473. The van der Waals surface area contributed by atoms with Gasteiger partial charge in [-0.25, -0.2) is 0 Å². The maximum atomic E-state index is 2.63. The van der Waals surface area contributed by atoms with Gasteiger partial charge in [0.1, 0.15) is 0 Å². The molecule has 0 radical (unpaired) electrons. The average Bonchev–Trinajstić information content (AvgIpc) is 2.76. The first-order valence-corrected chi connectivity index (χ1v) is 9.16. The third kappa shape index (κ3) is 2.84. The normalized spacial score (nSPS) is 22.9. The van der Waals surface area contributed by atoms with Crippen molar-refractivity contribution in [2.45, 2.75) is 83.2 Å². The van der Waals surface area contributed by atoms with Gasteiger partial charge in [0.15, 0.2) is 0 Å². The molecule has 2 nitrogen and oxygen atoms in total. The molecule has 3 heteroatoms. The minimum absolute atomic E-state index is 0.768. The summed E-state index contributed by atoms with van der Waals surface area (Å²) in [5.74, 6) is 0. The van der Waals surface area contributed by atoms with E-state index >= 15 is 0 Å². The summed E-state index contributed by atoms with van der Waals surface area (Å²) in [4.78, 5) is 0. The molecule has 1 aromatic rings. The molecule has 0 N–H and O–H groups in total. The first-order chi connectivity index (χ1) is 9.27. The van der Waals surface area contributed by atoms with Gasteiger partial charge in [-0.05, 0) is 0 Å². The van der Waals surface area contributed by atoms with Crippen molar-refractivity contribution in [2.24, 2.45) is 0 Å². The van der Waals surface area contributed by atoms with Gasteiger partial charge in [-0.2, -0.15) is 0 Å². The Morgan fingerprint density at radius 2 is 1.42 bits per heavy atom. The first kappa shape index (κ1) is 13.9. The van der Waals surface area contributed by atoms with Crippen LogP contribution in [0, 0.1) is 10.7 Å². The predicted molar refractivity (Wildman–Crippen MR) is 74.6 cm³/mol. The molecule has 0 bridgehead atoms. The quantitative estimate of drug-likeness (QED) is 0.631. The van der Waals surface area contributed by atoms with Gasteiger partial charge in [0.25, 0.3) is 0 Å². The molecule has 2 saturated carbocycles. The molecule has 0 aromatic carbocycles. The molecule has 2 aliphatic carbocycles. The van der Waals surface area contributed by atoms with Crippen LogP contribution in [0.3, 0.4) is 0 Å². The van der Waals surface area contributed by atoms with E-state index in [4.69, 9.17) is 0 Å². The van der Waals surface area contributed by atoms with Gasteiger partial charge in [0, 0.05) is 0 Å². The van der Waals surface area contributed by atoms with Crippen molar-refractivity contribution in [1.82, 2.24) is 9.13 Å². The molecular formula is C16H26N2Pt. The van der Waals surface area contributed by atoms with Gasteiger partial charge in [0.2, 0.25) is 0 Å². The van der Waals surface area contributed by atoms with E-state index in [0.717, 1.165) is 12.1 Å². The zero-order chi connectivity index (χ0) is 13.2. The van der Waals surface area contributed by atoms with Crippen LogP contribution >= 0.6 is 0 Å². The molecule has 1 heterocycles. The van der Waals surface area contributed by atoms with Crippen molar-refractivity contribution in [1.29, 1.82) is 0 Å². The predicted octanol–water partition coefficient (Wildman–Crippen LogP) is 4.69. The molecule has 2 fully saturated rings. The Kier molecular flexibility index (Phi) is 4.47. The second-order valence-electron chi connectivity index (χ2n) is 6.37. The van der Waals surface area contributed by atoms with Crippen LogP contribution in [0.4, 0.5) is 0 Å². The van der Waals surface area contributed by atoms with Crippen LogP contribution in [0.2, 0.25) is 0 Å². The Labute approximate surface area is 127 Å². The number of aryl methyl sites for hydroxylation is 1. The molecule has 3 rings (SSSR count). The number of aromatic nitrogens is 2. The number of nitrogens with zero attached hydrogens (tertiary/aromatic N) is 2. The Morgan fingerprint density at radius 1 is 0.895 bits per heavy atom. The number of hydrogen-bond donors (Lipinski definition) is 0. The van der Waals surface area contributed by atoms with Gasteiger partial charge < -0.3 is 0 Å². The fraction of sp³-hybridized carbons (Fsp3) is 0.812. The zero-order valence-corrected chi connectivity index (χ0v) is 14.3. The van der Waals surface area contributed by atoms with E-state index in [2.05, 4.69) is 41.6 Å². The van der Waals surface area contributed by atoms with Crippen molar-refractivity contribution in [3.05, 3.63) is 15.7 Å². The maximum absolute atomic E-state index is 2.63. The van der Waals surface area contributed by atoms with E-state index in [1.54, 1.807) is 0 Å². The van der Waals surface area contributed by atoms with Crippen molar-refractivity contribution in [3.63, 3.8) is 0 Å². The molecule has 19 heavy (non-hydrogen) atoms. The average molecular weight is 441 g/mol. The van der Waals surface area contributed by atoms with E-state index in [-0.39, 0.29) is 0 Å². The minimum atomic E-state index is 0.768. The van der Waals surface area contributed by atoms with Crippen LogP contribution in [-0.2, 0) is 19.4 Å². The summed E-state index contributed by atoms with van der Waals surface area (Å²) in [6.45, 7) is 2.30. The van der Waals surface area contributed by atoms with Crippen LogP contribution in [0.5, 0.6) is 0 Å². The summed E-state index contributed by atoms with van der Waals surface area (Å²) >= 11 is 2.57. The molecule has 2 aliphatic rings. The van der Waals surface area contributed by atoms with Gasteiger partial charge in [-0.1, -0.05) is 0 Å². The van der Waals surface area contributed by atoms with Crippen molar-refractivity contribution in [2.75, 3.05) is 0 Å². The SMILES string of the molecule is Cc1cn(C2CCCCC2)[c](=[Pt])n1C1CCCCC1. The van der Waals surface area contributed by atoms with Crippen molar-refractivity contribution < 1.29 is 19.4 Å². The molecular weight excluding hydrogens is 415 g/mol. The second kappa shape index (κ2) is 6.12. The summed E-state index contributed by atoms with van der Waals surface area (Å²) < 4.78 is 6.70. The van der Waals surface area contributed by atoms with Crippen molar-refractivity contribution >= 4 is 0 Å². The van der Waals surface area contributed by atoms with E-state index in [9.17, 15) is 0 Å². The zero-order valence-electron chi connectivity index (χ0n) is 12.0. The van der Waals surface area contributed by atoms with E-state index in [1.807, 2.05) is 0 Å². The van der Waals surface area contributed by atoms with Crippen LogP contribution in [0.15, 0.2) is 6.20 Å². The summed E-state index contributed by atoms with van der Waals surface area (Å²) in [6.07, 6.45) is 16.5. The van der Waals surface area contributed by atoms with Gasteiger partial charge in [-0.3, -0.25) is 0 Å². The van der Waals surface area contributed by atoms with Crippen LogP contribution < -0.4 is 0 Å². The third-order valence-electron chi connectivity index (χ3n) is 4.99. The van der Waals surface area contributed by atoms with E-state index in [1.165, 1.54) is 73.7 Å². The Balaban J connectivity index is 1.88. The summed E-state index contributed by atoms with van der Waals surface area (Å²) in [5.41, 5.74) is 1.47. The molecule has 0 amide bonds. The summed E-state index contributed by atoms with van der Waals surface area (Å²) in [5, 5.41) is 0. The van der Waals surface area contributed by atoms with Crippen LogP contribution in [0.25, 0.3) is 0 Å². The number of hydrogen-bond acceptors (Lipinski definition) is 0. The second-order valence-corrected chi connectivity index (χ2v) is 7.39. The first-order valence-electron chi connectivity index (χ1n) is 8.03. The Hall–Kier alpha value is -0.102. The van der Waals surface area contributed by atoms with Gasteiger partial charge in [-0.15, -0.1) is 0 Å². The van der Waals surface area contributed by atoms with E-state index in [0.29, 0.717) is 0 Å². The molecule has 0 aliphatic heterocycles. The standard InChI is InChI=1S/C16H26N2.Pt/c1-14-12-17(15-8-4-2-5-9-15)13-18(14)16-10-6-3-7-11-16;/h12,15-16H,2-11H2,1H3;. The molecule has 0 spiro atoms. The molecule has 0 atom stereocenters. The van der Waals surface area contributed by atoms with Crippen LogP contribution in [0.1, 0.15) is 82.0 Å². The summed E-state index contributed by atoms with van der Waals surface area (Å²) in [6, 6.07) is 1.54. The molecule has 1 aromatic heterocycles. The van der Waals surface area contributed by atoms with Crippen LogP contribution in [-0.4, -0.2) is 9.13 Å². The van der Waals surface area contributed by atoms with E-state index < -0.39 is 0 Å². The number of imidazole rings is 1. The van der Waals surface area contributed by atoms with Gasteiger partial charge >= 0.3 is 127 Å². The number of rotatable bonds is 2. The van der Waals surface area contributed by atoms with Gasteiger partial charge in [0.05, 0.1) is 0 Å². The topological polar surface area (TPSA) is 9.86 Å². The monoisotopic (exact) mass is 441 g/mol. The summed E-state index contributed by atoms with van der Waals surface area (Å²) in [7, 11) is 0. The van der Waals surface area contributed by atoms with Crippen molar-refractivity contribution in [3.8, 4) is 0 Å². The molecule has 110 valence electrons. The third-order valence-corrected chi connectivity index (χ3v) is 6.13.